The van der Waals surface area contributed by atoms with Gasteiger partial charge in [-0.2, -0.15) is 0 Å². The Labute approximate surface area is 168 Å². The van der Waals surface area contributed by atoms with E-state index in [1.807, 2.05) is 0 Å². The Kier molecular flexibility index (Phi) is 7.12. The van der Waals surface area contributed by atoms with Crippen molar-refractivity contribution in [2.45, 2.75) is 0 Å². The second-order valence-electron chi connectivity index (χ2n) is 5.57. The van der Waals surface area contributed by atoms with Crippen LogP contribution >= 0.6 is 23.2 Å². The molecule has 0 aliphatic heterocycles. The third kappa shape index (κ3) is 6.46. The van der Waals surface area contributed by atoms with Gasteiger partial charge in [-0.3, -0.25) is 9.10 Å². The van der Waals surface area contributed by atoms with Crippen LogP contribution in [-0.4, -0.2) is 33.7 Å². The summed E-state index contributed by atoms with van der Waals surface area (Å²) >= 11 is 11.9. The van der Waals surface area contributed by atoms with Crippen LogP contribution in [0.2, 0.25) is 10.0 Å². The van der Waals surface area contributed by atoms with E-state index in [1.54, 1.807) is 30.3 Å². The lowest BCUT2D eigenvalue weighted by Gasteiger charge is -2.22. The molecule has 0 saturated carbocycles. The first kappa shape index (κ1) is 21.1. The maximum absolute atomic E-state index is 12.3. The third-order valence-corrected chi connectivity index (χ3v) is 4.91. The molecule has 2 aromatic carbocycles. The molecule has 0 bridgehead atoms. The zero-order chi connectivity index (χ0) is 20.0. The van der Waals surface area contributed by atoms with E-state index >= 15 is 0 Å². The summed E-state index contributed by atoms with van der Waals surface area (Å²) in [6.45, 7) is 3.51. The molecule has 0 saturated heterocycles. The average molecular weight is 429 g/mol. The quantitative estimate of drug-likeness (QED) is 0.645. The lowest BCUT2D eigenvalue weighted by Crippen LogP contribution is -2.37. The molecule has 2 aromatic rings. The molecule has 1 N–H and O–H groups in total. The second-order valence-corrected chi connectivity index (χ2v) is 8.35. The second kappa shape index (κ2) is 9.12. The number of amides is 1. The first-order valence-electron chi connectivity index (χ1n) is 7.76. The van der Waals surface area contributed by atoms with E-state index in [0.717, 1.165) is 10.6 Å². The number of halogens is 2. The highest BCUT2D eigenvalue weighted by Gasteiger charge is 2.21. The lowest BCUT2D eigenvalue weighted by atomic mass is 10.3. The summed E-state index contributed by atoms with van der Waals surface area (Å²) in [5.41, 5.74) is 0.710. The van der Waals surface area contributed by atoms with Gasteiger partial charge >= 0.3 is 0 Å². The normalized spacial score (nSPS) is 10.9. The van der Waals surface area contributed by atoms with Crippen LogP contribution in [0.15, 0.2) is 55.1 Å². The molecule has 0 aliphatic rings. The van der Waals surface area contributed by atoms with Crippen LogP contribution in [0.3, 0.4) is 0 Å². The molecule has 144 valence electrons. The minimum Gasteiger partial charge on any atom is -0.490 e. The van der Waals surface area contributed by atoms with Gasteiger partial charge < -0.3 is 10.1 Å². The molecule has 9 heteroatoms. The Bertz CT molecular complexity index is 911. The molecule has 6 nitrogen and oxygen atoms in total. The fraction of sp³-hybridized carbons (Fsp3) is 0.167. The van der Waals surface area contributed by atoms with E-state index in [4.69, 9.17) is 27.9 Å². The minimum absolute atomic E-state index is 0.207. The monoisotopic (exact) mass is 428 g/mol. The molecular formula is C18H18Cl2N2O4S. The summed E-state index contributed by atoms with van der Waals surface area (Å²) in [7, 11) is -3.73. The zero-order valence-electron chi connectivity index (χ0n) is 14.5. The molecule has 0 aromatic heterocycles. The number of anilines is 2. The molecule has 0 radical (unpaired) electrons. The van der Waals surface area contributed by atoms with Crippen molar-refractivity contribution in [3.05, 3.63) is 65.2 Å². The molecular weight excluding hydrogens is 411 g/mol. The molecule has 0 spiro atoms. The van der Waals surface area contributed by atoms with Crippen LogP contribution < -0.4 is 14.4 Å². The van der Waals surface area contributed by atoms with Gasteiger partial charge in [-0.1, -0.05) is 35.9 Å². The van der Waals surface area contributed by atoms with Crippen LogP contribution in [-0.2, 0) is 14.8 Å². The SMILES string of the molecule is C=CCOc1ccc(NC(=O)CN(c2cc(Cl)cc(Cl)c2)S(C)(=O)=O)cc1. The van der Waals surface area contributed by atoms with Gasteiger partial charge in [0.15, 0.2) is 0 Å². The predicted octanol–water partition coefficient (Wildman–Crippen LogP) is 3.96. The number of rotatable bonds is 8. The van der Waals surface area contributed by atoms with Crippen molar-refractivity contribution in [1.82, 2.24) is 0 Å². The summed E-state index contributed by atoms with van der Waals surface area (Å²) in [5.74, 6) is 0.107. The van der Waals surface area contributed by atoms with Crippen molar-refractivity contribution in [3.8, 4) is 5.75 Å². The van der Waals surface area contributed by atoms with Crippen molar-refractivity contribution in [2.24, 2.45) is 0 Å². The van der Waals surface area contributed by atoms with Crippen molar-refractivity contribution >= 4 is 50.5 Å². The molecule has 0 fully saturated rings. The molecule has 2 rings (SSSR count). The Balaban J connectivity index is 2.13. The minimum atomic E-state index is -3.73. The van der Waals surface area contributed by atoms with Gasteiger partial charge in [-0.15, -0.1) is 0 Å². The van der Waals surface area contributed by atoms with Crippen LogP contribution in [0.4, 0.5) is 11.4 Å². The first-order valence-corrected chi connectivity index (χ1v) is 10.4. The van der Waals surface area contributed by atoms with E-state index in [0.29, 0.717) is 18.0 Å². The maximum Gasteiger partial charge on any atom is 0.245 e. The van der Waals surface area contributed by atoms with Gasteiger partial charge in [0.2, 0.25) is 15.9 Å². The van der Waals surface area contributed by atoms with E-state index in [1.165, 1.54) is 18.2 Å². The van der Waals surface area contributed by atoms with Crippen molar-refractivity contribution in [2.75, 3.05) is 29.0 Å². The number of nitrogens with one attached hydrogen (secondary N) is 1. The number of hydrogen-bond acceptors (Lipinski definition) is 4. The molecule has 0 aliphatic carbocycles. The fourth-order valence-electron chi connectivity index (χ4n) is 2.20. The first-order chi connectivity index (χ1) is 12.7. The largest absolute Gasteiger partial charge is 0.490 e. The molecule has 0 heterocycles. The third-order valence-electron chi connectivity index (χ3n) is 3.33. The van der Waals surface area contributed by atoms with Crippen molar-refractivity contribution in [3.63, 3.8) is 0 Å². The summed E-state index contributed by atoms with van der Waals surface area (Å²) in [6, 6.07) is 11.0. The summed E-state index contributed by atoms with van der Waals surface area (Å²) < 4.78 is 30.5. The number of hydrogen-bond donors (Lipinski definition) is 1. The number of ether oxygens (including phenoxy) is 1. The summed E-state index contributed by atoms with van der Waals surface area (Å²) in [5, 5.41) is 3.17. The van der Waals surface area contributed by atoms with Crippen LogP contribution in [0, 0.1) is 0 Å². The Morgan fingerprint density at radius 3 is 2.30 bits per heavy atom. The van der Waals surface area contributed by atoms with Crippen molar-refractivity contribution in [1.29, 1.82) is 0 Å². The van der Waals surface area contributed by atoms with Gasteiger partial charge in [-0.05, 0) is 42.5 Å². The molecule has 0 atom stereocenters. The fourth-order valence-corrected chi connectivity index (χ4v) is 3.56. The van der Waals surface area contributed by atoms with Crippen molar-refractivity contribution < 1.29 is 17.9 Å². The van der Waals surface area contributed by atoms with Gasteiger partial charge in [0, 0.05) is 15.7 Å². The highest BCUT2D eigenvalue weighted by atomic mass is 35.5. The van der Waals surface area contributed by atoms with Crippen LogP contribution in [0.25, 0.3) is 0 Å². The Morgan fingerprint density at radius 2 is 1.78 bits per heavy atom. The van der Waals surface area contributed by atoms with E-state index in [-0.39, 0.29) is 15.7 Å². The number of benzene rings is 2. The predicted molar refractivity (Wildman–Crippen MR) is 109 cm³/mol. The zero-order valence-corrected chi connectivity index (χ0v) is 16.8. The number of sulfonamides is 1. The lowest BCUT2D eigenvalue weighted by molar-refractivity contribution is -0.114. The van der Waals surface area contributed by atoms with Gasteiger partial charge in [0.1, 0.15) is 18.9 Å². The Morgan fingerprint density at radius 1 is 1.19 bits per heavy atom. The highest BCUT2D eigenvalue weighted by molar-refractivity contribution is 7.92. The van der Waals surface area contributed by atoms with Gasteiger partial charge in [0.25, 0.3) is 0 Å². The van der Waals surface area contributed by atoms with E-state index < -0.39 is 22.5 Å². The van der Waals surface area contributed by atoms with E-state index in [2.05, 4.69) is 11.9 Å². The molecule has 27 heavy (non-hydrogen) atoms. The Hall–Kier alpha value is -2.22. The molecule has 1 amide bonds. The van der Waals surface area contributed by atoms with Gasteiger partial charge in [0.05, 0.1) is 11.9 Å². The van der Waals surface area contributed by atoms with Crippen LogP contribution in [0.1, 0.15) is 0 Å². The average Bonchev–Trinajstić information content (AvgIpc) is 2.57. The maximum atomic E-state index is 12.3. The molecule has 0 unspecified atom stereocenters. The highest BCUT2D eigenvalue weighted by Crippen LogP contribution is 2.27. The smallest absolute Gasteiger partial charge is 0.245 e. The number of carbonyl (C=O) groups excluding carboxylic acids is 1. The summed E-state index contributed by atoms with van der Waals surface area (Å²) in [6.07, 6.45) is 2.62. The topological polar surface area (TPSA) is 75.7 Å². The number of nitrogens with zero attached hydrogens (tertiary/aromatic N) is 1. The standard InChI is InChI=1S/C18H18Cl2N2O4S/c1-3-8-26-17-6-4-15(5-7-17)21-18(23)12-22(27(2,24)25)16-10-13(19)9-14(20)11-16/h3-7,9-11H,1,8,12H2,2H3,(H,21,23). The van der Waals surface area contributed by atoms with Gasteiger partial charge in [-0.25, -0.2) is 8.42 Å². The number of carbonyl (C=O) groups is 1. The van der Waals surface area contributed by atoms with E-state index in [9.17, 15) is 13.2 Å². The van der Waals surface area contributed by atoms with Crippen LogP contribution in [0.5, 0.6) is 5.75 Å². The summed E-state index contributed by atoms with van der Waals surface area (Å²) in [4.78, 5) is 12.3.